The minimum atomic E-state index is -0.325. The number of carbonyl (C=O) groups excluding carboxylic acids is 1. The highest BCUT2D eigenvalue weighted by Gasteiger charge is 2.13. The predicted molar refractivity (Wildman–Crippen MR) is 79.7 cm³/mol. The molecule has 0 atom stereocenters. The highest BCUT2D eigenvalue weighted by atomic mass is 35.5. The molecule has 0 saturated heterocycles. The van der Waals surface area contributed by atoms with Crippen LogP contribution < -0.4 is 11.1 Å². The zero-order valence-electron chi connectivity index (χ0n) is 10.8. The normalized spacial score (nSPS) is 9.85. The lowest BCUT2D eigenvalue weighted by atomic mass is 10.1. The summed E-state index contributed by atoms with van der Waals surface area (Å²) in [5.74, 6) is -0.325. The molecular formula is C15H12ClN3O. The van der Waals surface area contributed by atoms with Gasteiger partial charge in [-0.25, -0.2) is 0 Å². The van der Waals surface area contributed by atoms with Crippen LogP contribution in [0.5, 0.6) is 0 Å². The van der Waals surface area contributed by atoms with E-state index in [1.807, 2.05) is 6.07 Å². The third kappa shape index (κ3) is 2.73. The number of benzene rings is 2. The maximum Gasteiger partial charge on any atom is 0.256 e. The second-order valence-corrected chi connectivity index (χ2v) is 4.71. The van der Waals surface area contributed by atoms with Crippen LogP contribution in [0.25, 0.3) is 0 Å². The van der Waals surface area contributed by atoms with Gasteiger partial charge in [-0.15, -0.1) is 0 Å². The molecule has 2 aromatic carbocycles. The van der Waals surface area contributed by atoms with Gasteiger partial charge in [-0.05, 0) is 42.8 Å². The van der Waals surface area contributed by atoms with Crippen LogP contribution in [0, 0.1) is 18.3 Å². The Morgan fingerprint density at radius 2 is 2.10 bits per heavy atom. The summed E-state index contributed by atoms with van der Waals surface area (Å²) in [5, 5.41) is 12.2. The largest absolute Gasteiger partial charge is 0.398 e. The molecule has 0 bridgehead atoms. The second-order valence-electron chi connectivity index (χ2n) is 4.28. The standard InChI is InChI=1S/C15H12ClN3O/c1-9-12(3-2-4-13(9)18)15(20)19-14-7-11(16)6-5-10(14)8-17/h2-7H,18H2,1H3,(H,19,20). The van der Waals surface area contributed by atoms with Crippen molar-refractivity contribution in [1.29, 1.82) is 5.26 Å². The Labute approximate surface area is 121 Å². The first-order valence-electron chi connectivity index (χ1n) is 5.89. The summed E-state index contributed by atoms with van der Waals surface area (Å²) in [7, 11) is 0. The number of carbonyl (C=O) groups is 1. The lowest BCUT2D eigenvalue weighted by Gasteiger charge is -2.10. The minimum absolute atomic E-state index is 0.325. The number of rotatable bonds is 2. The van der Waals surface area contributed by atoms with Gasteiger partial charge in [0, 0.05) is 16.3 Å². The van der Waals surface area contributed by atoms with Gasteiger partial charge in [-0.3, -0.25) is 4.79 Å². The first-order chi connectivity index (χ1) is 9.52. The van der Waals surface area contributed by atoms with Crippen LogP contribution >= 0.6 is 11.6 Å². The number of hydrogen-bond donors (Lipinski definition) is 2. The molecule has 2 aromatic rings. The molecule has 0 fully saturated rings. The summed E-state index contributed by atoms with van der Waals surface area (Å²) in [6.45, 7) is 1.77. The van der Waals surface area contributed by atoms with Crippen molar-refractivity contribution in [3.63, 3.8) is 0 Å². The quantitative estimate of drug-likeness (QED) is 0.831. The summed E-state index contributed by atoms with van der Waals surface area (Å²) in [4.78, 5) is 12.2. The number of anilines is 2. The van der Waals surface area contributed by atoms with Crippen LogP contribution in [0.4, 0.5) is 11.4 Å². The van der Waals surface area contributed by atoms with E-state index >= 15 is 0 Å². The van der Waals surface area contributed by atoms with Gasteiger partial charge in [0.05, 0.1) is 11.3 Å². The van der Waals surface area contributed by atoms with Crippen LogP contribution in [0.2, 0.25) is 5.02 Å². The molecule has 2 rings (SSSR count). The maximum absolute atomic E-state index is 12.2. The van der Waals surface area contributed by atoms with E-state index in [4.69, 9.17) is 22.6 Å². The van der Waals surface area contributed by atoms with Crippen molar-refractivity contribution in [2.75, 3.05) is 11.1 Å². The molecule has 0 spiro atoms. The smallest absolute Gasteiger partial charge is 0.256 e. The van der Waals surface area contributed by atoms with Gasteiger partial charge >= 0.3 is 0 Å². The Morgan fingerprint density at radius 1 is 1.35 bits per heavy atom. The van der Waals surface area contributed by atoms with Gasteiger partial charge in [0.15, 0.2) is 0 Å². The molecular weight excluding hydrogens is 274 g/mol. The molecule has 3 N–H and O–H groups in total. The van der Waals surface area contributed by atoms with Gasteiger partial charge in [0.2, 0.25) is 0 Å². The van der Waals surface area contributed by atoms with E-state index in [-0.39, 0.29) is 5.91 Å². The third-order valence-corrected chi connectivity index (χ3v) is 3.21. The van der Waals surface area contributed by atoms with E-state index in [1.165, 1.54) is 0 Å². The van der Waals surface area contributed by atoms with Gasteiger partial charge in [0.25, 0.3) is 5.91 Å². The third-order valence-electron chi connectivity index (χ3n) is 2.97. The predicted octanol–water partition coefficient (Wildman–Crippen LogP) is 3.35. The molecule has 0 aliphatic carbocycles. The van der Waals surface area contributed by atoms with E-state index in [2.05, 4.69) is 5.32 Å². The molecule has 0 heterocycles. The van der Waals surface area contributed by atoms with Crippen LogP contribution in [-0.4, -0.2) is 5.91 Å². The molecule has 5 heteroatoms. The lowest BCUT2D eigenvalue weighted by Crippen LogP contribution is -2.15. The molecule has 0 saturated carbocycles. The van der Waals surface area contributed by atoms with Crippen molar-refractivity contribution >= 4 is 28.9 Å². The van der Waals surface area contributed by atoms with Crippen molar-refractivity contribution < 1.29 is 4.79 Å². The van der Waals surface area contributed by atoms with Gasteiger partial charge in [-0.2, -0.15) is 5.26 Å². The van der Waals surface area contributed by atoms with Crippen molar-refractivity contribution in [2.45, 2.75) is 6.92 Å². The van der Waals surface area contributed by atoms with Crippen LogP contribution in [-0.2, 0) is 0 Å². The fourth-order valence-electron chi connectivity index (χ4n) is 1.81. The fourth-order valence-corrected chi connectivity index (χ4v) is 1.98. The number of hydrogen-bond acceptors (Lipinski definition) is 3. The summed E-state index contributed by atoms with van der Waals surface area (Å²) in [6, 6.07) is 11.8. The molecule has 20 heavy (non-hydrogen) atoms. The van der Waals surface area contributed by atoms with Crippen molar-refractivity contribution in [3.05, 3.63) is 58.1 Å². The van der Waals surface area contributed by atoms with E-state index in [0.29, 0.717) is 33.1 Å². The fraction of sp³-hybridized carbons (Fsp3) is 0.0667. The number of amides is 1. The van der Waals surface area contributed by atoms with E-state index < -0.39 is 0 Å². The summed E-state index contributed by atoms with van der Waals surface area (Å²) >= 11 is 5.88. The lowest BCUT2D eigenvalue weighted by molar-refractivity contribution is 0.102. The average Bonchev–Trinajstić information content (AvgIpc) is 2.42. The number of nitrogens with two attached hydrogens (primary N) is 1. The van der Waals surface area contributed by atoms with Gasteiger partial charge in [0.1, 0.15) is 6.07 Å². The summed E-state index contributed by atoms with van der Waals surface area (Å²) < 4.78 is 0. The van der Waals surface area contributed by atoms with Gasteiger partial charge in [-0.1, -0.05) is 17.7 Å². The van der Waals surface area contributed by atoms with E-state index in [9.17, 15) is 4.79 Å². The highest BCUT2D eigenvalue weighted by Crippen LogP contribution is 2.22. The van der Waals surface area contributed by atoms with E-state index in [0.717, 1.165) is 0 Å². The highest BCUT2D eigenvalue weighted by molar-refractivity contribution is 6.31. The monoisotopic (exact) mass is 285 g/mol. The Kier molecular flexibility index (Phi) is 3.92. The van der Waals surface area contributed by atoms with Crippen LogP contribution in [0.15, 0.2) is 36.4 Å². The van der Waals surface area contributed by atoms with Crippen LogP contribution in [0.3, 0.4) is 0 Å². The number of nitriles is 1. The minimum Gasteiger partial charge on any atom is -0.398 e. The average molecular weight is 286 g/mol. The Morgan fingerprint density at radius 3 is 2.80 bits per heavy atom. The van der Waals surface area contributed by atoms with Crippen LogP contribution in [0.1, 0.15) is 21.5 Å². The SMILES string of the molecule is Cc1c(N)cccc1C(=O)Nc1cc(Cl)ccc1C#N. The molecule has 4 nitrogen and oxygen atoms in total. The Balaban J connectivity index is 2.35. The topological polar surface area (TPSA) is 78.9 Å². The molecule has 100 valence electrons. The Hall–Kier alpha value is -2.51. The summed E-state index contributed by atoms with van der Waals surface area (Å²) in [5.41, 5.74) is 8.22. The van der Waals surface area contributed by atoms with Crippen molar-refractivity contribution in [2.24, 2.45) is 0 Å². The molecule has 1 amide bonds. The zero-order valence-corrected chi connectivity index (χ0v) is 11.5. The molecule has 0 aliphatic heterocycles. The number of nitrogens with one attached hydrogen (secondary N) is 1. The van der Waals surface area contributed by atoms with E-state index in [1.54, 1.807) is 43.3 Å². The molecule has 0 unspecified atom stereocenters. The van der Waals surface area contributed by atoms with Crippen molar-refractivity contribution in [3.8, 4) is 6.07 Å². The number of nitrogens with zero attached hydrogens (tertiary/aromatic N) is 1. The summed E-state index contributed by atoms with van der Waals surface area (Å²) in [6.07, 6.45) is 0. The molecule has 0 radical (unpaired) electrons. The Bertz CT molecular complexity index is 720. The first kappa shape index (κ1) is 13.9. The second kappa shape index (κ2) is 5.64. The number of halogens is 1. The zero-order chi connectivity index (χ0) is 14.7. The van der Waals surface area contributed by atoms with Crippen molar-refractivity contribution in [1.82, 2.24) is 0 Å². The molecule has 0 aliphatic rings. The molecule has 0 aromatic heterocycles. The number of nitrogen functional groups attached to an aromatic ring is 1. The first-order valence-corrected chi connectivity index (χ1v) is 6.27. The van der Waals surface area contributed by atoms with Gasteiger partial charge < -0.3 is 11.1 Å². The maximum atomic E-state index is 12.2.